The molecule has 0 spiro atoms. The van der Waals surface area contributed by atoms with Gasteiger partial charge in [0.1, 0.15) is 29.2 Å². The number of aliphatic hydroxyl groups is 2. The molecule has 18 heavy (non-hydrogen) atoms. The highest BCUT2D eigenvalue weighted by atomic mass is 32.1. The Bertz CT molecular complexity index is 575. The van der Waals surface area contributed by atoms with Gasteiger partial charge in [-0.1, -0.05) is 0 Å². The highest BCUT2D eigenvalue weighted by Crippen LogP contribution is 2.31. The number of aliphatic hydroxyl groups excluding tert-OH is 2. The quantitative estimate of drug-likeness (QED) is 0.514. The first-order valence-electron chi connectivity index (χ1n) is 5.51. The zero-order valence-corrected chi connectivity index (χ0v) is 10.2. The van der Waals surface area contributed by atoms with E-state index in [4.69, 9.17) is 9.84 Å². The van der Waals surface area contributed by atoms with E-state index in [1.54, 1.807) is 10.9 Å². The molecule has 2 aromatic rings. The summed E-state index contributed by atoms with van der Waals surface area (Å²) < 4.78 is 7.27. The Morgan fingerprint density at radius 1 is 1.44 bits per heavy atom. The molecule has 0 aliphatic carbocycles. The smallest absolute Gasteiger partial charge is 0.166 e. The number of hydrogen-bond acceptors (Lipinski definition) is 7. The molecule has 1 aliphatic heterocycles. The minimum atomic E-state index is -0.685. The van der Waals surface area contributed by atoms with Crippen LogP contribution in [0.3, 0.4) is 0 Å². The number of hydrogen-bond donors (Lipinski definition) is 3. The van der Waals surface area contributed by atoms with Crippen LogP contribution in [-0.4, -0.2) is 48.5 Å². The van der Waals surface area contributed by atoms with Crippen LogP contribution in [0.25, 0.3) is 11.2 Å². The summed E-state index contributed by atoms with van der Waals surface area (Å²) in [5.74, 6) is 0. The first-order chi connectivity index (χ1) is 8.70. The number of imidazole rings is 1. The van der Waals surface area contributed by atoms with Crippen LogP contribution >= 0.6 is 12.6 Å². The molecule has 8 heteroatoms. The number of aromatic nitrogens is 4. The van der Waals surface area contributed by atoms with Crippen LogP contribution in [0.15, 0.2) is 17.7 Å². The molecule has 96 valence electrons. The molecule has 0 bridgehead atoms. The van der Waals surface area contributed by atoms with E-state index in [9.17, 15) is 5.11 Å². The molecular weight excluding hydrogens is 256 g/mol. The SMILES string of the molecule is OC[C@H]1OC(n2cnc3c(S)ncnc32)C[C@@H]1O. The van der Waals surface area contributed by atoms with E-state index in [1.807, 2.05) is 0 Å². The Hall–Kier alpha value is -1.22. The van der Waals surface area contributed by atoms with Crippen molar-refractivity contribution < 1.29 is 14.9 Å². The van der Waals surface area contributed by atoms with Gasteiger partial charge in [0.2, 0.25) is 0 Å². The normalized spacial score (nSPS) is 28.1. The van der Waals surface area contributed by atoms with E-state index < -0.39 is 12.2 Å². The zero-order chi connectivity index (χ0) is 12.7. The van der Waals surface area contributed by atoms with Crippen molar-refractivity contribution >= 4 is 23.8 Å². The summed E-state index contributed by atoms with van der Waals surface area (Å²) in [5, 5.41) is 19.3. The number of fused-ring (bicyclic) bond motifs is 1. The maximum absolute atomic E-state index is 9.72. The molecule has 3 rings (SSSR count). The molecule has 0 aromatic carbocycles. The molecule has 2 N–H and O–H groups in total. The Morgan fingerprint density at radius 3 is 3.00 bits per heavy atom. The largest absolute Gasteiger partial charge is 0.394 e. The molecule has 1 saturated heterocycles. The second-order valence-electron chi connectivity index (χ2n) is 4.14. The van der Waals surface area contributed by atoms with Crippen LogP contribution in [0.1, 0.15) is 12.6 Å². The van der Waals surface area contributed by atoms with Crippen molar-refractivity contribution in [3.8, 4) is 0 Å². The second-order valence-corrected chi connectivity index (χ2v) is 4.56. The van der Waals surface area contributed by atoms with Gasteiger partial charge in [0.15, 0.2) is 5.65 Å². The number of thiol groups is 1. The number of nitrogens with zero attached hydrogens (tertiary/aromatic N) is 4. The lowest BCUT2D eigenvalue weighted by Gasteiger charge is -2.13. The standard InChI is InChI=1S/C10H12N4O3S/c15-2-6-5(16)1-7(17-6)14-4-13-8-9(14)11-3-12-10(8)18/h3-7,15-16H,1-2H2,(H,11,12,18)/t5-,6+,7?/m0/s1. The minimum absolute atomic E-state index is 0.211. The Balaban J connectivity index is 1.99. The third kappa shape index (κ3) is 1.77. The van der Waals surface area contributed by atoms with Crippen LogP contribution in [0.2, 0.25) is 0 Å². The maximum atomic E-state index is 9.72. The van der Waals surface area contributed by atoms with E-state index in [1.165, 1.54) is 6.33 Å². The lowest BCUT2D eigenvalue weighted by molar-refractivity contribution is -0.0432. The average Bonchev–Trinajstić information content (AvgIpc) is 2.93. The third-order valence-corrected chi connectivity index (χ3v) is 3.36. The monoisotopic (exact) mass is 268 g/mol. The first-order valence-corrected chi connectivity index (χ1v) is 5.96. The van der Waals surface area contributed by atoms with Crippen LogP contribution in [-0.2, 0) is 4.74 Å². The molecular formula is C10H12N4O3S. The van der Waals surface area contributed by atoms with Crippen LogP contribution in [0.5, 0.6) is 0 Å². The molecule has 1 fully saturated rings. The van der Waals surface area contributed by atoms with Crippen molar-refractivity contribution in [2.75, 3.05) is 6.61 Å². The first kappa shape index (κ1) is 11.8. The van der Waals surface area contributed by atoms with Crippen molar-refractivity contribution in [1.29, 1.82) is 0 Å². The van der Waals surface area contributed by atoms with E-state index >= 15 is 0 Å². The molecule has 3 atom stereocenters. The fourth-order valence-corrected chi connectivity index (χ4v) is 2.31. The minimum Gasteiger partial charge on any atom is -0.394 e. The van der Waals surface area contributed by atoms with Crippen molar-refractivity contribution in [3.63, 3.8) is 0 Å². The third-order valence-electron chi connectivity index (χ3n) is 3.03. The van der Waals surface area contributed by atoms with E-state index in [2.05, 4.69) is 27.6 Å². The van der Waals surface area contributed by atoms with Gasteiger partial charge in [-0.05, 0) is 0 Å². The highest BCUT2D eigenvalue weighted by molar-refractivity contribution is 7.80. The van der Waals surface area contributed by atoms with Gasteiger partial charge in [-0.3, -0.25) is 4.57 Å². The Kier molecular flexibility index (Phi) is 2.94. The summed E-state index contributed by atoms with van der Waals surface area (Å²) in [7, 11) is 0. The molecule has 0 radical (unpaired) electrons. The van der Waals surface area contributed by atoms with Gasteiger partial charge >= 0.3 is 0 Å². The molecule has 1 aliphatic rings. The average molecular weight is 268 g/mol. The van der Waals surface area contributed by atoms with Gasteiger partial charge in [0, 0.05) is 6.42 Å². The van der Waals surface area contributed by atoms with Gasteiger partial charge in [-0.25, -0.2) is 15.0 Å². The lowest BCUT2D eigenvalue weighted by Crippen LogP contribution is -2.24. The van der Waals surface area contributed by atoms with Crippen molar-refractivity contribution in [2.24, 2.45) is 0 Å². The zero-order valence-electron chi connectivity index (χ0n) is 9.34. The maximum Gasteiger partial charge on any atom is 0.166 e. The van der Waals surface area contributed by atoms with E-state index in [0.29, 0.717) is 22.6 Å². The summed E-state index contributed by atoms with van der Waals surface area (Å²) in [6.45, 7) is -0.211. The Morgan fingerprint density at radius 2 is 2.28 bits per heavy atom. The Labute approximate surface area is 108 Å². The number of ether oxygens (including phenoxy) is 1. The molecule has 1 unspecified atom stereocenters. The summed E-state index contributed by atoms with van der Waals surface area (Å²) in [4.78, 5) is 12.3. The van der Waals surface area contributed by atoms with Crippen molar-refractivity contribution in [3.05, 3.63) is 12.7 Å². The predicted molar refractivity (Wildman–Crippen MR) is 64.2 cm³/mol. The highest BCUT2D eigenvalue weighted by Gasteiger charge is 2.35. The molecule has 2 aromatic heterocycles. The van der Waals surface area contributed by atoms with Crippen LogP contribution in [0.4, 0.5) is 0 Å². The summed E-state index contributed by atoms with van der Waals surface area (Å²) >= 11 is 4.20. The summed E-state index contributed by atoms with van der Waals surface area (Å²) in [6.07, 6.45) is 1.74. The predicted octanol–water partition coefficient (Wildman–Crippen LogP) is -0.244. The van der Waals surface area contributed by atoms with E-state index in [-0.39, 0.29) is 12.8 Å². The lowest BCUT2D eigenvalue weighted by atomic mass is 10.2. The number of rotatable bonds is 2. The summed E-state index contributed by atoms with van der Waals surface area (Å²) in [6, 6.07) is 0. The van der Waals surface area contributed by atoms with Crippen LogP contribution < -0.4 is 0 Å². The summed E-state index contributed by atoms with van der Waals surface area (Å²) in [5.41, 5.74) is 1.19. The fraction of sp³-hybridized carbons (Fsp3) is 0.500. The van der Waals surface area contributed by atoms with Gasteiger partial charge in [0.05, 0.1) is 19.0 Å². The second kappa shape index (κ2) is 4.47. The molecule has 0 amide bonds. The van der Waals surface area contributed by atoms with E-state index in [0.717, 1.165) is 0 Å². The van der Waals surface area contributed by atoms with Gasteiger partial charge < -0.3 is 14.9 Å². The molecule has 3 heterocycles. The molecule has 0 saturated carbocycles. The van der Waals surface area contributed by atoms with Crippen molar-refractivity contribution in [2.45, 2.75) is 29.9 Å². The topological polar surface area (TPSA) is 93.3 Å². The fourth-order valence-electron chi connectivity index (χ4n) is 2.10. The van der Waals surface area contributed by atoms with Crippen LogP contribution in [0, 0.1) is 0 Å². The van der Waals surface area contributed by atoms with Gasteiger partial charge in [0.25, 0.3) is 0 Å². The van der Waals surface area contributed by atoms with Crippen molar-refractivity contribution in [1.82, 2.24) is 19.5 Å². The molecule has 7 nitrogen and oxygen atoms in total. The van der Waals surface area contributed by atoms with Gasteiger partial charge in [-0.15, -0.1) is 12.6 Å². The van der Waals surface area contributed by atoms with Gasteiger partial charge in [-0.2, -0.15) is 0 Å².